The molecule has 212 valence electrons. The Kier molecular flexibility index (Phi) is 7.99. The van der Waals surface area contributed by atoms with Gasteiger partial charge in [-0.3, -0.25) is 0 Å². The van der Waals surface area contributed by atoms with E-state index in [0.717, 1.165) is 55.0 Å². The van der Waals surface area contributed by atoms with E-state index in [4.69, 9.17) is 19.0 Å². The van der Waals surface area contributed by atoms with Crippen molar-refractivity contribution < 1.29 is 23.8 Å². The van der Waals surface area contributed by atoms with Crippen molar-refractivity contribution in [1.82, 2.24) is 5.32 Å². The number of anilines is 1. The van der Waals surface area contributed by atoms with Crippen LogP contribution in [0.4, 0.5) is 9.80 Å². The molecule has 0 radical (unpaired) electrons. The van der Waals surface area contributed by atoms with E-state index in [1.807, 2.05) is 38.8 Å². The number of hydrogen-bond donors (Lipinski definition) is 1. The molecule has 0 atom stereocenters. The number of carbonyl (C=O) groups is 1. The van der Waals surface area contributed by atoms with E-state index in [2.05, 4.69) is 34.6 Å². The fraction of sp³-hybridized carbons (Fsp3) is 0.600. The van der Waals surface area contributed by atoms with Gasteiger partial charge in [-0.15, -0.1) is 11.3 Å². The Morgan fingerprint density at radius 1 is 1.10 bits per heavy atom. The predicted molar refractivity (Wildman–Crippen MR) is 154 cm³/mol. The average molecular weight is 556 g/mol. The lowest BCUT2D eigenvalue weighted by atomic mass is 9.67. The molecule has 5 rings (SSSR count). The molecule has 1 aromatic carbocycles. The monoisotopic (exact) mass is 555 g/mol. The molecule has 1 aliphatic heterocycles. The maximum absolute atomic E-state index is 12.5. The van der Waals surface area contributed by atoms with Gasteiger partial charge in [0.15, 0.2) is 18.2 Å². The fourth-order valence-corrected chi connectivity index (χ4v) is 7.08. The van der Waals surface area contributed by atoms with E-state index >= 15 is 0 Å². The Balaban J connectivity index is 1.43. The number of nitrogens with zero attached hydrogens (tertiary/aromatic N) is 2. The Labute approximate surface area is 235 Å². The molecule has 1 amide bonds. The van der Waals surface area contributed by atoms with Crippen LogP contribution < -0.4 is 19.9 Å². The third kappa shape index (κ3) is 6.29. The van der Waals surface area contributed by atoms with E-state index in [-0.39, 0.29) is 23.7 Å². The zero-order chi connectivity index (χ0) is 27.6. The van der Waals surface area contributed by atoms with Crippen molar-refractivity contribution in [2.24, 2.45) is 4.99 Å². The second-order valence-corrected chi connectivity index (χ2v) is 12.9. The number of amides is 1. The summed E-state index contributed by atoms with van der Waals surface area (Å²) in [5, 5.41) is 5.98. The highest BCUT2D eigenvalue weighted by molar-refractivity contribution is 7.16. The standard InChI is InChI=1S/C30H41N3O5S/c1-20-31-19-33(38-20)27-13-12-26(39-27)30(16-14-22(15-17-30)32-28(34)37-29(2,3)4)21-10-11-24(35-5)25(18-21)36-23-8-6-7-9-23/h10-13,18,22-23H,6-9,14-17,19H2,1-5H3,(H,32,34). The number of aliphatic imine (C=N–C) groups is 1. The Hall–Kier alpha value is -2.94. The first-order valence-corrected chi connectivity index (χ1v) is 14.9. The van der Waals surface area contributed by atoms with E-state index in [9.17, 15) is 4.79 Å². The SMILES string of the molecule is COc1ccc(C2(c3ccc(N4CN=C(C)O4)s3)CCC(NC(=O)OC(C)(C)C)CC2)cc1OC1CCCC1. The number of hydrogen-bond acceptors (Lipinski definition) is 8. The summed E-state index contributed by atoms with van der Waals surface area (Å²) >= 11 is 1.75. The minimum absolute atomic E-state index is 0.0674. The summed E-state index contributed by atoms with van der Waals surface area (Å²) in [4.78, 5) is 24.0. The number of hydroxylamine groups is 1. The van der Waals surface area contributed by atoms with Crippen molar-refractivity contribution in [3.05, 3.63) is 40.8 Å². The highest BCUT2D eigenvalue weighted by atomic mass is 32.1. The van der Waals surface area contributed by atoms with Crippen LogP contribution in [-0.4, -0.2) is 43.5 Å². The van der Waals surface area contributed by atoms with Gasteiger partial charge in [0.25, 0.3) is 0 Å². The first kappa shape index (κ1) is 27.6. The van der Waals surface area contributed by atoms with Crippen LogP contribution in [-0.2, 0) is 15.0 Å². The molecule has 9 heteroatoms. The molecular weight excluding hydrogens is 514 g/mol. The normalized spacial score (nSPS) is 23.8. The molecule has 2 heterocycles. The molecule has 2 saturated carbocycles. The molecule has 1 aromatic heterocycles. The minimum atomic E-state index is -0.519. The summed E-state index contributed by atoms with van der Waals surface area (Å²) in [5.41, 5.74) is 0.481. The predicted octanol–water partition coefficient (Wildman–Crippen LogP) is 6.96. The molecule has 8 nitrogen and oxygen atoms in total. The van der Waals surface area contributed by atoms with E-state index in [1.165, 1.54) is 23.3 Å². The van der Waals surface area contributed by atoms with Crippen LogP contribution in [0, 0.1) is 0 Å². The van der Waals surface area contributed by atoms with Gasteiger partial charge in [0.2, 0.25) is 5.90 Å². The lowest BCUT2D eigenvalue weighted by molar-refractivity contribution is 0.0486. The number of methoxy groups -OCH3 is 1. The molecule has 2 aliphatic carbocycles. The van der Waals surface area contributed by atoms with Gasteiger partial charge in [-0.05, 0) is 102 Å². The average Bonchev–Trinajstić information content (AvgIpc) is 3.66. The second kappa shape index (κ2) is 11.3. The highest BCUT2D eigenvalue weighted by Gasteiger charge is 2.41. The van der Waals surface area contributed by atoms with Crippen molar-refractivity contribution in [2.75, 3.05) is 18.8 Å². The number of ether oxygens (including phenoxy) is 3. The number of benzene rings is 1. The van der Waals surface area contributed by atoms with Gasteiger partial charge in [0, 0.05) is 23.3 Å². The summed E-state index contributed by atoms with van der Waals surface area (Å²) < 4.78 is 17.7. The molecule has 0 saturated heterocycles. The molecule has 3 aliphatic rings. The number of carbonyl (C=O) groups excluding carboxylic acids is 1. The van der Waals surface area contributed by atoms with Crippen molar-refractivity contribution in [3.8, 4) is 11.5 Å². The highest BCUT2D eigenvalue weighted by Crippen LogP contribution is 2.50. The first-order chi connectivity index (χ1) is 18.6. The minimum Gasteiger partial charge on any atom is -0.493 e. The zero-order valence-electron chi connectivity index (χ0n) is 23.7. The summed E-state index contributed by atoms with van der Waals surface area (Å²) in [6, 6.07) is 10.8. The van der Waals surface area contributed by atoms with Crippen LogP contribution >= 0.6 is 11.3 Å². The Morgan fingerprint density at radius 3 is 2.49 bits per heavy atom. The number of rotatable bonds is 7. The molecule has 1 N–H and O–H groups in total. The number of alkyl carbamates (subject to hydrolysis) is 1. The lowest BCUT2D eigenvalue weighted by Crippen LogP contribution is -2.44. The van der Waals surface area contributed by atoms with Gasteiger partial charge in [-0.1, -0.05) is 6.07 Å². The van der Waals surface area contributed by atoms with Crippen LogP contribution in [0.5, 0.6) is 11.5 Å². The third-order valence-corrected chi connectivity index (χ3v) is 9.14. The zero-order valence-corrected chi connectivity index (χ0v) is 24.6. The summed E-state index contributed by atoms with van der Waals surface area (Å²) in [6.45, 7) is 8.04. The summed E-state index contributed by atoms with van der Waals surface area (Å²) in [5.74, 6) is 2.27. The van der Waals surface area contributed by atoms with Crippen LogP contribution in [0.1, 0.15) is 89.5 Å². The van der Waals surface area contributed by atoms with E-state index in [0.29, 0.717) is 12.6 Å². The van der Waals surface area contributed by atoms with Gasteiger partial charge in [0.1, 0.15) is 10.6 Å². The fourth-order valence-electron chi connectivity index (χ4n) is 5.87. The van der Waals surface area contributed by atoms with Gasteiger partial charge in [-0.25, -0.2) is 9.79 Å². The quantitative estimate of drug-likeness (QED) is 0.398. The summed E-state index contributed by atoms with van der Waals surface area (Å²) in [6.07, 6.45) is 7.95. The molecule has 2 aromatic rings. The van der Waals surface area contributed by atoms with Crippen LogP contribution in [0.15, 0.2) is 35.3 Å². The van der Waals surface area contributed by atoms with E-state index in [1.54, 1.807) is 18.4 Å². The topological polar surface area (TPSA) is 81.6 Å². The number of nitrogens with one attached hydrogen (secondary N) is 1. The van der Waals surface area contributed by atoms with Gasteiger partial charge in [-0.2, -0.15) is 5.06 Å². The molecule has 2 fully saturated rings. The summed E-state index contributed by atoms with van der Waals surface area (Å²) in [7, 11) is 1.70. The molecular formula is C30H41N3O5S. The maximum atomic E-state index is 12.5. The first-order valence-electron chi connectivity index (χ1n) is 14.1. The Morgan fingerprint density at radius 2 is 1.85 bits per heavy atom. The number of thiophene rings is 1. The van der Waals surface area contributed by atoms with Crippen molar-refractivity contribution in [3.63, 3.8) is 0 Å². The second-order valence-electron chi connectivity index (χ2n) is 11.8. The Bertz CT molecular complexity index is 1190. The van der Waals surface area contributed by atoms with Crippen molar-refractivity contribution in [2.45, 2.75) is 102 Å². The van der Waals surface area contributed by atoms with Crippen LogP contribution in [0.3, 0.4) is 0 Å². The largest absolute Gasteiger partial charge is 0.493 e. The van der Waals surface area contributed by atoms with Gasteiger partial charge in [0.05, 0.1) is 13.2 Å². The van der Waals surface area contributed by atoms with Crippen LogP contribution in [0.2, 0.25) is 0 Å². The molecule has 0 bridgehead atoms. The maximum Gasteiger partial charge on any atom is 0.407 e. The molecule has 0 unspecified atom stereocenters. The van der Waals surface area contributed by atoms with Gasteiger partial charge < -0.3 is 24.4 Å². The van der Waals surface area contributed by atoms with Crippen LogP contribution in [0.25, 0.3) is 0 Å². The van der Waals surface area contributed by atoms with Gasteiger partial charge >= 0.3 is 6.09 Å². The molecule has 0 spiro atoms. The van der Waals surface area contributed by atoms with Crippen molar-refractivity contribution in [1.29, 1.82) is 0 Å². The smallest absolute Gasteiger partial charge is 0.407 e. The molecule has 39 heavy (non-hydrogen) atoms. The third-order valence-electron chi connectivity index (χ3n) is 7.85. The van der Waals surface area contributed by atoms with E-state index < -0.39 is 5.60 Å². The lowest BCUT2D eigenvalue weighted by Gasteiger charge is -2.41. The van der Waals surface area contributed by atoms with Crippen molar-refractivity contribution >= 4 is 28.3 Å².